The molecule has 0 unspecified atom stereocenters. The molecule has 1 heterocycles. The maximum absolute atomic E-state index is 11.6. The molecule has 15 heavy (non-hydrogen) atoms. The number of hydrogen-bond donors (Lipinski definition) is 3. The van der Waals surface area contributed by atoms with Crippen molar-refractivity contribution in [1.29, 1.82) is 0 Å². The fourth-order valence-corrected chi connectivity index (χ4v) is 1.26. The summed E-state index contributed by atoms with van der Waals surface area (Å²) < 4.78 is 0. The Labute approximate surface area is 89.4 Å². The Bertz CT molecular complexity index is 345. The number of hydrogen-bond acceptors (Lipinski definition) is 3. The highest BCUT2D eigenvalue weighted by molar-refractivity contribution is 5.94. The second kappa shape index (κ2) is 4.93. The van der Waals surface area contributed by atoms with Gasteiger partial charge in [0.15, 0.2) is 5.82 Å². The summed E-state index contributed by atoms with van der Waals surface area (Å²) in [5, 5.41) is 9.50. The van der Waals surface area contributed by atoms with E-state index in [-0.39, 0.29) is 5.91 Å². The first-order valence-corrected chi connectivity index (χ1v) is 5.14. The Morgan fingerprint density at radius 3 is 2.73 bits per heavy atom. The lowest BCUT2D eigenvalue weighted by atomic mass is 10.1. The van der Waals surface area contributed by atoms with Gasteiger partial charge in [-0.15, -0.1) is 0 Å². The van der Waals surface area contributed by atoms with Crippen molar-refractivity contribution in [1.82, 2.24) is 10.2 Å². The molecule has 1 rings (SSSR count). The molecular weight excluding hydrogens is 192 g/mol. The molecule has 4 N–H and O–H groups in total. The van der Waals surface area contributed by atoms with E-state index in [1.54, 1.807) is 0 Å². The molecule has 1 amide bonds. The first kappa shape index (κ1) is 11.7. The molecule has 5 nitrogen and oxygen atoms in total. The van der Waals surface area contributed by atoms with Crippen LogP contribution in [-0.4, -0.2) is 22.1 Å². The zero-order chi connectivity index (χ0) is 11.4. The molecule has 0 aliphatic carbocycles. The molecule has 0 bridgehead atoms. The van der Waals surface area contributed by atoms with Crippen LogP contribution in [0.25, 0.3) is 0 Å². The minimum atomic E-state index is -0.452. The van der Waals surface area contributed by atoms with E-state index < -0.39 is 6.04 Å². The normalized spacial score (nSPS) is 12.5. The Balaban J connectivity index is 2.62. The van der Waals surface area contributed by atoms with Crippen molar-refractivity contribution >= 4 is 11.7 Å². The zero-order valence-electron chi connectivity index (χ0n) is 9.42. The van der Waals surface area contributed by atoms with Crippen molar-refractivity contribution in [3.8, 4) is 0 Å². The van der Waals surface area contributed by atoms with Crippen LogP contribution < -0.4 is 11.1 Å². The van der Waals surface area contributed by atoms with Crippen molar-refractivity contribution < 1.29 is 4.79 Å². The lowest BCUT2D eigenvalue weighted by Gasteiger charge is -2.09. The number of aromatic amines is 1. The summed E-state index contributed by atoms with van der Waals surface area (Å²) in [6.45, 7) is 5.81. The second-order valence-corrected chi connectivity index (χ2v) is 3.71. The minimum Gasteiger partial charge on any atom is -0.320 e. The van der Waals surface area contributed by atoms with Crippen LogP contribution in [-0.2, 0) is 4.79 Å². The van der Waals surface area contributed by atoms with Gasteiger partial charge in [0.2, 0.25) is 5.91 Å². The maximum Gasteiger partial charge on any atom is 0.242 e. The van der Waals surface area contributed by atoms with E-state index in [0.29, 0.717) is 12.2 Å². The number of anilines is 1. The van der Waals surface area contributed by atoms with Gasteiger partial charge in [-0.3, -0.25) is 9.89 Å². The van der Waals surface area contributed by atoms with Crippen LogP contribution in [0.5, 0.6) is 0 Å². The quantitative estimate of drug-likeness (QED) is 0.695. The molecule has 0 aliphatic rings. The molecular formula is C10H18N4O. The average molecular weight is 210 g/mol. The maximum atomic E-state index is 11.6. The minimum absolute atomic E-state index is 0.175. The van der Waals surface area contributed by atoms with E-state index in [4.69, 9.17) is 5.73 Å². The van der Waals surface area contributed by atoms with Crippen molar-refractivity contribution in [2.24, 2.45) is 5.73 Å². The van der Waals surface area contributed by atoms with Crippen LogP contribution in [0.15, 0.2) is 0 Å². The summed E-state index contributed by atoms with van der Waals surface area (Å²) in [6, 6.07) is -0.452. The van der Waals surface area contributed by atoms with Gasteiger partial charge in [0.05, 0.1) is 6.04 Å². The second-order valence-electron chi connectivity index (χ2n) is 3.71. The number of aromatic nitrogens is 2. The third kappa shape index (κ3) is 2.79. The number of carbonyl (C=O) groups is 1. The predicted octanol–water partition coefficient (Wildman–Crippen LogP) is 1.09. The number of carbonyl (C=O) groups excluding carboxylic acids is 1. The third-order valence-corrected chi connectivity index (χ3v) is 2.43. The first-order chi connectivity index (χ1) is 7.06. The molecule has 0 spiro atoms. The van der Waals surface area contributed by atoms with Gasteiger partial charge in [0.25, 0.3) is 0 Å². The van der Waals surface area contributed by atoms with Crippen LogP contribution in [0.2, 0.25) is 0 Å². The van der Waals surface area contributed by atoms with Crippen LogP contribution >= 0.6 is 0 Å². The lowest BCUT2D eigenvalue weighted by molar-refractivity contribution is -0.117. The fraction of sp³-hybridized carbons (Fsp3) is 0.600. The molecule has 1 atom stereocenters. The van der Waals surface area contributed by atoms with Gasteiger partial charge in [0, 0.05) is 11.3 Å². The van der Waals surface area contributed by atoms with Crippen molar-refractivity contribution in [3.63, 3.8) is 0 Å². The van der Waals surface area contributed by atoms with Crippen LogP contribution in [0, 0.1) is 13.8 Å². The molecule has 0 radical (unpaired) electrons. The number of rotatable bonds is 4. The number of aryl methyl sites for hydroxylation is 1. The highest BCUT2D eigenvalue weighted by Gasteiger charge is 2.15. The highest BCUT2D eigenvalue weighted by atomic mass is 16.2. The number of H-pyrrole nitrogens is 1. The molecule has 1 aromatic rings. The van der Waals surface area contributed by atoms with Gasteiger partial charge in [-0.2, -0.15) is 5.10 Å². The summed E-state index contributed by atoms with van der Waals surface area (Å²) in [4.78, 5) is 11.6. The van der Waals surface area contributed by atoms with Crippen LogP contribution in [0.1, 0.15) is 31.0 Å². The SMILES string of the molecule is CCC[C@@H](N)C(=O)Nc1n[nH]c(C)c1C. The first-order valence-electron chi connectivity index (χ1n) is 5.14. The van der Waals surface area contributed by atoms with Crippen molar-refractivity contribution in [2.45, 2.75) is 39.7 Å². The number of nitrogens with one attached hydrogen (secondary N) is 2. The molecule has 0 aliphatic heterocycles. The van der Waals surface area contributed by atoms with Crippen LogP contribution in [0.4, 0.5) is 5.82 Å². The van der Waals surface area contributed by atoms with Gasteiger partial charge in [-0.05, 0) is 20.3 Å². The molecule has 0 fully saturated rings. The molecule has 0 saturated heterocycles. The predicted molar refractivity (Wildman–Crippen MR) is 59.6 cm³/mol. The number of nitrogens with two attached hydrogens (primary N) is 1. The average Bonchev–Trinajstić information content (AvgIpc) is 2.50. The van der Waals surface area contributed by atoms with Gasteiger partial charge < -0.3 is 11.1 Å². The van der Waals surface area contributed by atoms with Crippen molar-refractivity contribution in [2.75, 3.05) is 5.32 Å². The van der Waals surface area contributed by atoms with Gasteiger partial charge in [-0.1, -0.05) is 13.3 Å². The zero-order valence-corrected chi connectivity index (χ0v) is 9.42. The Hall–Kier alpha value is -1.36. The van der Waals surface area contributed by atoms with Crippen molar-refractivity contribution in [3.05, 3.63) is 11.3 Å². The molecule has 1 aromatic heterocycles. The van der Waals surface area contributed by atoms with Gasteiger partial charge in [-0.25, -0.2) is 0 Å². The number of amides is 1. The fourth-order valence-electron chi connectivity index (χ4n) is 1.26. The Kier molecular flexibility index (Phi) is 3.85. The largest absolute Gasteiger partial charge is 0.320 e. The van der Waals surface area contributed by atoms with E-state index in [1.165, 1.54) is 0 Å². The summed E-state index contributed by atoms with van der Waals surface area (Å²) >= 11 is 0. The molecule has 5 heteroatoms. The standard InChI is InChI=1S/C10H18N4O/c1-4-5-8(11)10(15)12-9-6(2)7(3)13-14-9/h8H,4-5,11H2,1-3H3,(H2,12,13,14,15)/t8-/m1/s1. The number of nitrogens with zero attached hydrogens (tertiary/aromatic N) is 1. The topological polar surface area (TPSA) is 83.8 Å². The molecule has 0 aromatic carbocycles. The summed E-state index contributed by atoms with van der Waals surface area (Å²) in [5.41, 5.74) is 7.59. The summed E-state index contributed by atoms with van der Waals surface area (Å²) in [6.07, 6.45) is 1.58. The molecule has 84 valence electrons. The summed E-state index contributed by atoms with van der Waals surface area (Å²) in [7, 11) is 0. The van der Waals surface area contributed by atoms with E-state index in [2.05, 4.69) is 15.5 Å². The smallest absolute Gasteiger partial charge is 0.242 e. The Morgan fingerprint density at radius 2 is 2.27 bits per heavy atom. The highest BCUT2D eigenvalue weighted by Crippen LogP contribution is 2.13. The Morgan fingerprint density at radius 1 is 1.60 bits per heavy atom. The van der Waals surface area contributed by atoms with Crippen LogP contribution in [0.3, 0.4) is 0 Å². The monoisotopic (exact) mass is 210 g/mol. The molecule has 0 saturated carbocycles. The van der Waals surface area contributed by atoms with Gasteiger partial charge in [0.1, 0.15) is 0 Å². The van der Waals surface area contributed by atoms with E-state index in [1.807, 2.05) is 20.8 Å². The third-order valence-electron chi connectivity index (χ3n) is 2.43. The van der Waals surface area contributed by atoms with E-state index >= 15 is 0 Å². The summed E-state index contributed by atoms with van der Waals surface area (Å²) in [5.74, 6) is 0.399. The lowest BCUT2D eigenvalue weighted by Crippen LogP contribution is -2.35. The van der Waals surface area contributed by atoms with E-state index in [0.717, 1.165) is 17.7 Å². The van der Waals surface area contributed by atoms with Gasteiger partial charge >= 0.3 is 0 Å². The van der Waals surface area contributed by atoms with E-state index in [9.17, 15) is 4.79 Å².